The largest absolute Gasteiger partial charge is 0.481 e. The average Bonchev–Trinajstić information content (AvgIpc) is 3.15. The molecule has 0 unspecified atom stereocenters. The summed E-state index contributed by atoms with van der Waals surface area (Å²) in [6.07, 6.45) is 1.51. The van der Waals surface area contributed by atoms with Crippen molar-refractivity contribution in [1.82, 2.24) is 9.97 Å². The Bertz CT molecular complexity index is 1280. The maximum atomic E-state index is 13.8. The molecule has 0 atom stereocenters. The van der Waals surface area contributed by atoms with Crippen LogP contribution < -0.4 is 10.1 Å². The first-order chi connectivity index (χ1) is 15.4. The van der Waals surface area contributed by atoms with Crippen LogP contribution in [-0.4, -0.2) is 23.0 Å². The lowest BCUT2D eigenvalue weighted by molar-refractivity contribution is 0.101. The summed E-state index contributed by atoms with van der Waals surface area (Å²) in [4.78, 5) is 19.8. The number of aryl methyl sites for hydroxylation is 1. The molecule has 2 aromatic heterocycles. The van der Waals surface area contributed by atoms with E-state index >= 15 is 0 Å². The van der Waals surface area contributed by atoms with Crippen molar-refractivity contribution in [1.29, 1.82) is 0 Å². The molecule has 0 aliphatic carbocycles. The quantitative estimate of drug-likeness (QED) is 0.375. The zero-order chi connectivity index (χ0) is 22.8. The van der Waals surface area contributed by atoms with Crippen LogP contribution in [-0.2, 0) is 0 Å². The molecule has 162 valence electrons. The summed E-state index contributed by atoms with van der Waals surface area (Å²) in [6, 6.07) is 13.9. The van der Waals surface area contributed by atoms with Crippen molar-refractivity contribution in [3.05, 3.63) is 88.7 Å². The molecule has 8 heteroatoms. The third kappa shape index (κ3) is 4.20. The van der Waals surface area contributed by atoms with Crippen LogP contribution in [0.25, 0.3) is 22.4 Å². The van der Waals surface area contributed by atoms with E-state index in [0.717, 1.165) is 40.2 Å². The number of halogens is 3. The fraction of sp³-hybridized carbons (Fsp3) is 0.0833. The number of benzene rings is 2. The molecular weight excluding hydrogens is 436 g/mol. The van der Waals surface area contributed by atoms with Gasteiger partial charge in [0.2, 0.25) is 5.88 Å². The maximum Gasteiger partial charge on any atom is 0.261 e. The van der Waals surface area contributed by atoms with Gasteiger partial charge in [0, 0.05) is 23.1 Å². The van der Waals surface area contributed by atoms with E-state index in [2.05, 4.69) is 15.3 Å². The van der Waals surface area contributed by atoms with Gasteiger partial charge in [-0.25, -0.2) is 13.8 Å². The van der Waals surface area contributed by atoms with Gasteiger partial charge in [0.25, 0.3) is 5.91 Å². The number of nitrogens with one attached hydrogen (secondary N) is 2. The first-order valence-corrected chi connectivity index (χ1v) is 10.0. The number of hydrogen-bond acceptors (Lipinski definition) is 3. The Kier molecular flexibility index (Phi) is 5.92. The Morgan fingerprint density at radius 2 is 1.75 bits per heavy atom. The molecule has 2 aromatic carbocycles. The molecule has 2 N–H and O–H groups in total. The van der Waals surface area contributed by atoms with Gasteiger partial charge in [0.05, 0.1) is 23.4 Å². The summed E-state index contributed by atoms with van der Waals surface area (Å²) in [5.74, 6) is -2.24. The van der Waals surface area contributed by atoms with Crippen LogP contribution in [0, 0.1) is 18.6 Å². The molecule has 32 heavy (non-hydrogen) atoms. The molecule has 1 amide bonds. The molecule has 0 spiro atoms. The summed E-state index contributed by atoms with van der Waals surface area (Å²) in [7, 11) is 1.54. The van der Waals surface area contributed by atoms with E-state index in [1.54, 1.807) is 30.3 Å². The zero-order valence-corrected chi connectivity index (χ0v) is 17.9. The monoisotopic (exact) mass is 453 g/mol. The van der Waals surface area contributed by atoms with Gasteiger partial charge in [-0.15, -0.1) is 0 Å². The van der Waals surface area contributed by atoms with Crippen molar-refractivity contribution in [3.63, 3.8) is 0 Å². The van der Waals surface area contributed by atoms with Crippen molar-refractivity contribution in [2.24, 2.45) is 0 Å². The number of nitrogens with zero attached hydrogens (tertiary/aromatic N) is 1. The van der Waals surface area contributed by atoms with Crippen LogP contribution in [0.4, 0.5) is 14.5 Å². The Morgan fingerprint density at radius 3 is 2.41 bits per heavy atom. The van der Waals surface area contributed by atoms with Gasteiger partial charge in [-0.1, -0.05) is 29.8 Å². The summed E-state index contributed by atoms with van der Waals surface area (Å²) in [5, 5.41) is 3.01. The number of H-pyrrole nitrogens is 1. The van der Waals surface area contributed by atoms with Crippen LogP contribution in [0.5, 0.6) is 5.88 Å². The highest BCUT2D eigenvalue weighted by Gasteiger charge is 2.18. The lowest BCUT2D eigenvalue weighted by Crippen LogP contribution is -2.15. The minimum atomic E-state index is -0.916. The Morgan fingerprint density at radius 1 is 1.06 bits per heavy atom. The van der Waals surface area contributed by atoms with E-state index in [4.69, 9.17) is 16.3 Å². The molecule has 2 heterocycles. The Labute approximate surface area is 188 Å². The van der Waals surface area contributed by atoms with Crippen molar-refractivity contribution in [2.75, 3.05) is 12.4 Å². The van der Waals surface area contributed by atoms with E-state index in [-0.39, 0.29) is 0 Å². The normalized spacial score (nSPS) is 10.8. The minimum Gasteiger partial charge on any atom is -0.481 e. The van der Waals surface area contributed by atoms with Crippen LogP contribution in [0.2, 0.25) is 5.02 Å². The number of anilines is 1. The number of rotatable bonds is 5. The fourth-order valence-corrected chi connectivity index (χ4v) is 3.58. The van der Waals surface area contributed by atoms with Crippen molar-refractivity contribution in [3.8, 4) is 28.3 Å². The fourth-order valence-electron chi connectivity index (χ4n) is 3.43. The van der Waals surface area contributed by atoms with Gasteiger partial charge in [-0.3, -0.25) is 4.79 Å². The highest BCUT2D eigenvalue weighted by Crippen LogP contribution is 2.34. The topological polar surface area (TPSA) is 67.0 Å². The summed E-state index contributed by atoms with van der Waals surface area (Å²) < 4.78 is 33.0. The number of hydrogen-bond donors (Lipinski definition) is 2. The molecule has 0 radical (unpaired) electrons. The highest BCUT2D eigenvalue weighted by molar-refractivity contribution is 6.30. The molecular formula is C24H18ClF2N3O2. The zero-order valence-electron chi connectivity index (χ0n) is 17.2. The van der Waals surface area contributed by atoms with Gasteiger partial charge < -0.3 is 15.0 Å². The standard InChI is InChI=1S/C24H18ClF2N3O2/c1-13-17(11-21(29-13)18-10-15(25)12-28-24(18)32-2)14-6-8-16(9-7-14)30-23(31)22-19(26)4-3-5-20(22)27/h3-12,29H,1-2H3,(H,30,31). The Hall–Kier alpha value is -3.71. The van der Waals surface area contributed by atoms with E-state index in [1.807, 2.05) is 13.0 Å². The SMILES string of the molecule is COc1ncc(Cl)cc1-c1cc(-c2ccc(NC(=O)c3c(F)cccc3F)cc2)c(C)[nH]1. The van der Waals surface area contributed by atoms with Crippen LogP contribution in [0.3, 0.4) is 0 Å². The lowest BCUT2D eigenvalue weighted by Gasteiger charge is -2.08. The number of ether oxygens (including phenoxy) is 1. The van der Waals surface area contributed by atoms with E-state index in [9.17, 15) is 13.6 Å². The van der Waals surface area contributed by atoms with Crippen LogP contribution in [0.1, 0.15) is 16.1 Å². The van der Waals surface area contributed by atoms with Crippen molar-refractivity contribution < 1.29 is 18.3 Å². The molecule has 0 aliphatic rings. The average molecular weight is 454 g/mol. The molecule has 0 saturated heterocycles. The lowest BCUT2D eigenvalue weighted by atomic mass is 10.0. The molecule has 0 saturated carbocycles. The third-order valence-corrected chi connectivity index (χ3v) is 5.17. The van der Waals surface area contributed by atoms with Crippen LogP contribution in [0.15, 0.2) is 60.8 Å². The van der Waals surface area contributed by atoms with E-state index < -0.39 is 23.1 Å². The second kappa shape index (κ2) is 8.80. The summed E-state index contributed by atoms with van der Waals surface area (Å²) >= 11 is 6.10. The second-order valence-corrected chi connectivity index (χ2v) is 7.50. The molecule has 4 rings (SSSR count). The predicted molar refractivity (Wildman–Crippen MR) is 120 cm³/mol. The second-order valence-electron chi connectivity index (χ2n) is 7.06. The summed E-state index contributed by atoms with van der Waals surface area (Å²) in [6.45, 7) is 1.93. The molecule has 0 fully saturated rings. The smallest absolute Gasteiger partial charge is 0.261 e. The maximum absolute atomic E-state index is 13.8. The highest BCUT2D eigenvalue weighted by atomic mass is 35.5. The predicted octanol–water partition coefficient (Wildman–Crippen LogP) is 6.24. The van der Waals surface area contributed by atoms with E-state index in [0.29, 0.717) is 16.6 Å². The first kappa shape index (κ1) is 21.5. The number of carbonyl (C=O) groups is 1. The number of aromatic nitrogens is 2. The molecule has 5 nitrogen and oxygen atoms in total. The van der Waals surface area contributed by atoms with Gasteiger partial charge >= 0.3 is 0 Å². The van der Waals surface area contributed by atoms with Gasteiger partial charge in [0.15, 0.2) is 0 Å². The Balaban J connectivity index is 1.59. The molecule has 0 bridgehead atoms. The van der Waals surface area contributed by atoms with Crippen molar-refractivity contribution >= 4 is 23.2 Å². The van der Waals surface area contributed by atoms with Gasteiger partial charge in [0.1, 0.15) is 17.2 Å². The molecule has 4 aromatic rings. The summed E-state index contributed by atoms with van der Waals surface area (Å²) in [5.41, 5.74) is 4.03. The minimum absolute atomic E-state index is 0.413. The van der Waals surface area contributed by atoms with Crippen LogP contribution >= 0.6 is 11.6 Å². The first-order valence-electron chi connectivity index (χ1n) is 9.62. The number of pyridine rings is 1. The van der Waals surface area contributed by atoms with E-state index in [1.165, 1.54) is 19.4 Å². The number of carbonyl (C=O) groups excluding carboxylic acids is 1. The number of aromatic amines is 1. The number of amides is 1. The number of methoxy groups -OCH3 is 1. The molecule has 0 aliphatic heterocycles. The van der Waals surface area contributed by atoms with Crippen molar-refractivity contribution in [2.45, 2.75) is 6.92 Å². The van der Waals surface area contributed by atoms with Gasteiger partial charge in [-0.05, 0) is 48.9 Å². The third-order valence-electron chi connectivity index (χ3n) is 4.96. The van der Waals surface area contributed by atoms with Gasteiger partial charge in [-0.2, -0.15) is 0 Å².